The fourth-order valence-electron chi connectivity index (χ4n) is 5.27. The van der Waals surface area contributed by atoms with Crippen molar-refractivity contribution in [3.05, 3.63) is 94.6 Å². The van der Waals surface area contributed by atoms with Crippen LogP contribution in [0.4, 0.5) is 0 Å². The number of ketones is 1. The zero-order chi connectivity index (χ0) is 28.9. The lowest BCUT2D eigenvalue weighted by Gasteiger charge is -2.31. The quantitative estimate of drug-likeness (QED) is 0.230. The van der Waals surface area contributed by atoms with Crippen LogP contribution in [-0.2, 0) is 20.9 Å². The molecule has 214 valence electrons. The van der Waals surface area contributed by atoms with Gasteiger partial charge in [-0.05, 0) is 53.9 Å². The highest BCUT2D eigenvalue weighted by atomic mass is 16.5. The predicted molar refractivity (Wildman–Crippen MR) is 153 cm³/mol. The maximum Gasteiger partial charge on any atom is 0.295 e. The van der Waals surface area contributed by atoms with Gasteiger partial charge in [0.15, 0.2) is 11.5 Å². The molecule has 41 heavy (non-hydrogen) atoms. The summed E-state index contributed by atoms with van der Waals surface area (Å²) in [4.78, 5) is 30.5. The number of nitrogens with zero attached hydrogens (tertiary/aromatic N) is 2. The van der Waals surface area contributed by atoms with Gasteiger partial charge in [0, 0.05) is 31.7 Å². The van der Waals surface area contributed by atoms with Crippen LogP contribution >= 0.6 is 0 Å². The number of hydrogen-bond donors (Lipinski definition) is 2. The molecule has 9 heteroatoms. The van der Waals surface area contributed by atoms with Crippen LogP contribution in [0.2, 0.25) is 0 Å². The number of Topliss-reactive ketones (excluding diaryl/α,β-unsaturated/α-hetero) is 1. The summed E-state index contributed by atoms with van der Waals surface area (Å²) in [6.07, 6.45) is 0. The molecule has 2 saturated heterocycles. The van der Waals surface area contributed by atoms with Crippen molar-refractivity contribution in [2.45, 2.75) is 19.6 Å². The fraction of sp³-hybridized carbons (Fsp3) is 0.312. The van der Waals surface area contributed by atoms with Crippen molar-refractivity contribution < 1.29 is 34.0 Å². The molecule has 0 radical (unpaired) electrons. The molecule has 1 amide bonds. The number of phenolic OH excluding ortho intramolecular Hbond substituents is 1. The number of phenols is 1. The number of benzene rings is 3. The third kappa shape index (κ3) is 6.06. The van der Waals surface area contributed by atoms with Gasteiger partial charge >= 0.3 is 0 Å². The summed E-state index contributed by atoms with van der Waals surface area (Å²) in [6.45, 7) is 5.73. The Balaban J connectivity index is 1.49. The van der Waals surface area contributed by atoms with Crippen molar-refractivity contribution in [1.82, 2.24) is 9.80 Å². The number of aliphatic hydroxyl groups excluding tert-OH is 1. The fourth-order valence-corrected chi connectivity index (χ4v) is 5.27. The van der Waals surface area contributed by atoms with Crippen molar-refractivity contribution in [1.29, 1.82) is 0 Å². The van der Waals surface area contributed by atoms with Gasteiger partial charge in [0.1, 0.15) is 18.1 Å². The first-order chi connectivity index (χ1) is 19.9. The monoisotopic (exact) mass is 558 g/mol. The minimum Gasteiger partial charge on any atom is -0.507 e. The van der Waals surface area contributed by atoms with Crippen LogP contribution in [0.25, 0.3) is 5.76 Å². The van der Waals surface area contributed by atoms with E-state index >= 15 is 0 Å². The topological polar surface area (TPSA) is 109 Å². The molecule has 0 aromatic heterocycles. The van der Waals surface area contributed by atoms with E-state index in [1.54, 1.807) is 30.3 Å². The number of carbonyl (C=O) groups is 2. The maximum absolute atomic E-state index is 13.5. The van der Waals surface area contributed by atoms with Crippen LogP contribution in [0.15, 0.2) is 72.3 Å². The molecule has 2 aliphatic heterocycles. The van der Waals surface area contributed by atoms with Gasteiger partial charge in [-0.25, -0.2) is 0 Å². The van der Waals surface area contributed by atoms with Crippen molar-refractivity contribution >= 4 is 17.4 Å². The minimum atomic E-state index is -0.862. The van der Waals surface area contributed by atoms with Crippen LogP contribution in [0.5, 0.6) is 17.2 Å². The minimum absolute atomic E-state index is 0.00854. The van der Waals surface area contributed by atoms with Gasteiger partial charge in [0.2, 0.25) is 0 Å². The Morgan fingerprint density at radius 2 is 1.76 bits per heavy atom. The zero-order valence-electron chi connectivity index (χ0n) is 23.2. The highest BCUT2D eigenvalue weighted by Gasteiger charge is 2.46. The predicted octanol–water partition coefficient (Wildman–Crippen LogP) is 4.04. The van der Waals surface area contributed by atoms with Crippen molar-refractivity contribution in [2.24, 2.45) is 0 Å². The highest BCUT2D eigenvalue weighted by Crippen LogP contribution is 2.42. The van der Waals surface area contributed by atoms with Crippen LogP contribution in [0.1, 0.15) is 28.3 Å². The van der Waals surface area contributed by atoms with E-state index in [2.05, 4.69) is 4.90 Å². The summed E-state index contributed by atoms with van der Waals surface area (Å²) in [7, 11) is 1.43. The highest BCUT2D eigenvalue weighted by molar-refractivity contribution is 6.46. The second kappa shape index (κ2) is 12.4. The van der Waals surface area contributed by atoms with Gasteiger partial charge in [0.25, 0.3) is 11.7 Å². The van der Waals surface area contributed by atoms with E-state index in [1.807, 2.05) is 37.3 Å². The second-order valence-electron chi connectivity index (χ2n) is 10.1. The van der Waals surface area contributed by atoms with Crippen LogP contribution in [-0.4, -0.2) is 78.2 Å². The molecule has 5 rings (SSSR count). The molecule has 1 atom stereocenters. The Kier molecular flexibility index (Phi) is 8.56. The molecule has 2 fully saturated rings. The number of likely N-dealkylation sites (tertiary alicyclic amines) is 1. The number of methoxy groups -OCH3 is 1. The number of hydrogen-bond acceptors (Lipinski definition) is 8. The largest absolute Gasteiger partial charge is 0.507 e. The number of morpholine rings is 1. The van der Waals surface area contributed by atoms with E-state index in [0.29, 0.717) is 48.8 Å². The Bertz CT molecular complexity index is 1450. The van der Waals surface area contributed by atoms with Gasteiger partial charge in [-0.3, -0.25) is 14.5 Å². The molecule has 0 spiro atoms. The molecule has 9 nitrogen and oxygen atoms in total. The van der Waals surface area contributed by atoms with Gasteiger partial charge < -0.3 is 29.3 Å². The van der Waals surface area contributed by atoms with Gasteiger partial charge in [-0.15, -0.1) is 0 Å². The molecule has 2 aliphatic rings. The van der Waals surface area contributed by atoms with Crippen LogP contribution < -0.4 is 9.47 Å². The lowest BCUT2D eigenvalue weighted by atomic mass is 9.93. The van der Waals surface area contributed by atoms with E-state index in [9.17, 15) is 19.8 Å². The molecule has 0 bridgehead atoms. The Labute approximate surface area is 239 Å². The van der Waals surface area contributed by atoms with E-state index in [4.69, 9.17) is 14.2 Å². The number of rotatable bonds is 9. The van der Waals surface area contributed by atoms with Gasteiger partial charge in [0.05, 0.1) is 31.9 Å². The number of carbonyl (C=O) groups excluding carboxylic acids is 2. The van der Waals surface area contributed by atoms with Crippen molar-refractivity contribution in [3.63, 3.8) is 0 Å². The maximum atomic E-state index is 13.5. The van der Waals surface area contributed by atoms with E-state index < -0.39 is 17.7 Å². The summed E-state index contributed by atoms with van der Waals surface area (Å²) in [5.41, 5.74) is 2.68. The molecule has 2 N–H and O–H groups in total. The molecular formula is C32H34N2O7. The van der Waals surface area contributed by atoms with E-state index in [-0.39, 0.29) is 29.4 Å². The second-order valence-corrected chi connectivity index (χ2v) is 10.1. The first-order valence-corrected chi connectivity index (χ1v) is 13.6. The van der Waals surface area contributed by atoms with E-state index in [0.717, 1.165) is 18.7 Å². The lowest BCUT2D eigenvalue weighted by molar-refractivity contribution is -0.140. The standard InChI is InChI=1S/C32H34N2O7/c1-21-18-24(41-20-22-6-4-3-5-7-22)9-10-25(21)30(36)28-29(23-8-11-26(35)27(19-23)39-2)34(32(38)31(28)37)13-12-33-14-16-40-17-15-33/h3-11,18-19,29,35-36H,12-17,20H2,1-2H3/b30-28+/t29-/m1/s1. The summed E-state index contributed by atoms with van der Waals surface area (Å²) >= 11 is 0. The molecular weight excluding hydrogens is 524 g/mol. The number of aliphatic hydroxyl groups is 1. The Morgan fingerprint density at radius 1 is 1.00 bits per heavy atom. The first-order valence-electron chi connectivity index (χ1n) is 13.6. The van der Waals surface area contributed by atoms with Crippen LogP contribution in [0.3, 0.4) is 0 Å². The summed E-state index contributed by atoms with van der Waals surface area (Å²) in [5.74, 6) is -0.946. The van der Waals surface area contributed by atoms with Gasteiger partial charge in [-0.1, -0.05) is 36.4 Å². The van der Waals surface area contributed by atoms with Gasteiger partial charge in [-0.2, -0.15) is 0 Å². The molecule has 3 aromatic carbocycles. The Morgan fingerprint density at radius 3 is 2.46 bits per heavy atom. The number of aryl methyl sites for hydroxylation is 1. The molecule has 2 heterocycles. The molecule has 0 saturated carbocycles. The number of amides is 1. The molecule has 0 aliphatic carbocycles. The van der Waals surface area contributed by atoms with Crippen LogP contribution in [0, 0.1) is 6.92 Å². The summed E-state index contributed by atoms with van der Waals surface area (Å²) in [5, 5.41) is 21.8. The third-order valence-electron chi connectivity index (χ3n) is 7.52. The first kappa shape index (κ1) is 28.2. The third-order valence-corrected chi connectivity index (χ3v) is 7.52. The average molecular weight is 559 g/mol. The smallest absolute Gasteiger partial charge is 0.295 e. The average Bonchev–Trinajstić information content (AvgIpc) is 3.25. The normalized spacial score (nSPS) is 19.0. The number of aromatic hydroxyl groups is 1. The lowest BCUT2D eigenvalue weighted by Crippen LogP contribution is -2.42. The Hall–Kier alpha value is -4.34. The van der Waals surface area contributed by atoms with E-state index in [1.165, 1.54) is 18.1 Å². The summed E-state index contributed by atoms with van der Waals surface area (Å²) in [6, 6.07) is 18.8. The molecule has 0 unspecified atom stereocenters. The van der Waals surface area contributed by atoms with Crippen molar-refractivity contribution in [2.75, 3.05) is 46.5 Å². The number of ether oxygens (including phenoxy) is 3. The SMILES string of the molecule is COc1cc([C@@H]2/C(=C(\O)c3ccc(OCc4ccccc4)cc3C)C(=O)C(=O)N2CCN2CCOCC2)ccc1O. The molecule has 3 aromatic rings. The van der Waals surface area contributed by atoms with Crippen molar-refractivity contribution in [3.8, 4) is 17.2 Å². The summed E-state index contributed by atoms with van der Waals surface area (Å²) < 4.78 is 16.7. The zero-order valence-corrected chi connectivity index (χ0v) is 23.2.